The predicted octanol–water partition coefficient (Wildman–Crippen LogP) is 3.98. The van der Waals surface area contributed by atoms with Gasteiger partial charge in [-0.2, -0.15) is 0 Å². The largest absolute Gasteiger partial charge is 0.497 e. The summed E-state index contributed by atoms with van der Waals surface area (Å²) in [6.07, 6.45) is 0. The maximum Gasteiger partial charge on any atom is 0.139 e. The summed E-state index contributed by atoms with van der Waals surface area (Å²) in [5.41, 5.74) is 2.64. The molecular weight excluding hydrogens is 358 g/mol. The van der Waals surface area contributed by atoms with Crippen molar-refractivity contribution >= 4 is 33.6 Å². The smallest absolute Gasteiger partial charge is 0.139 e. The molecule has 0 fully saturated rings. The van der Waals surface area contributed by atoms with Crippen molar-refractivity contribution in [1.29, 1.82) is 0 Å². The van der Waals surface area contributed by atoms with Crippen LogP contribution in [0.15, 0.2) is 36.4 Å². The first-order valence-electron chi connectivity index (χ1n) is 5.66. The topological polar surface area (TPSA) is 37.9 Å². The first kappa shape index (κ1) is 12.4. The van der Waals surface area contributed by atoms with Crippen molar-refractivity contribution in [2.45, 2.75) is 0 Å². The van der Waals surface area contributed by atoms with E-state index >= 15 is 0 Å². The van der Waals surface area contributed by atoms with Crippen molar-refractivity contribution < 1.29 is 9.13 Å². The number of hydrogen-bond donors (Lipinski definition) is 1. The quantitative estimate of drug-likeness (QED) is 0.695. The zero-order valence-electron chi connectivity index (χ0n) is 10.1. The number of imidazole rings is 1. The van der Waals surface area contributed by atoms with Crippen LogP contribution in [0.5, 0.6) is 5.75 Å². The predicted molar refractivity (Wildman–Crippen MR) is 80.8 cm³/mol. The third-order valence-electron chi connectivity index (χ3n) is 2.88. The first-order chi connectivity index (χ1) is 9.17. The highest BCUT2D eigenvalue weighted by molar-refractivity contribution is 14.1. The molecule has 0 saturated heterocycles. The molecule has 96 valence electrons. The molecule has 1 aromatic heterocycles. The Hall–Kier alpha value is -1.63. The highest BCUT2D eigenvalue weighted by Crippen LogP contribution is 2.27. The lowest BCUT2D eigenvalue weighted by atomic mass is 10.2. The highest BCUT2D eigenvalue weighted by Gasteiger charge is 2.09. The Morgan fingerprint density at radius 3 is 2.79 bits per heavy atom. The summed E-state index contributed by atoms with van der Waals surface area (Å²) in [5.74, 6) is 1.26. The van der Waals surface area contributed by atoms with Crippen LogP contribution in [0.4, 0.5) is 4.39 Å². The van der Waals surface area contributed by atoms with Gasteiger partial charge in [0.25, 0.3) is 0 Å². The van der Waals surface area contributed by atoms with Gasteiger partial charge in [-0.15, -0.1) is 0 Å². The summed E-state index contributed by atoms with van der Waals surface area (Å²) in [7, 11) is 1.63. The van der Waals surface area contributed by atoms with Crippen molar-refractivity contribution in [3.63, 3.8) is 0 Å². The lowest BCUT2D eigenvalue weighted by molar-refractivity contribution is 0.415. The monoisotopic (exact) mass is 368 g/mol. The molecule has 2 aromatic carbocycles. The van der Waals surface area contributed by atoms with E-state index in [0.29, 0.717) is 0 Å². The van der Waals surface area contributed by atoms with Crippen molar-refractivity contribution in [1.82, 2.24) is 9.97 Å². The lowest BCUT2D eigenvalue weighted by Gasteiger charge is -2.00. The van der Waals surface area contributed by atoms with Crippen LogP contribution < -0.4 is 4.74 Å². The summed E-state index contributed by atoms with van der Waals surface area (Å²) >= 11 is 2.10. The van der Waals surface area contributed by atoms with Crippen LogP contribution in [0.25, 0.3) is 22.4 Å². The number of aromatic amines is 1. The van der Waals surface area contributed by atoms with Gasteiger partial charge < -0.3 is 9.72 Å². The first-order valence-corrected chi connectivity index (χ1v) is 6.74. The second kappa shape index (κ2) is 4.80. The molecule has 0 bridgehead atoms. The van der Waals surface area contributed by atoms with Crippen LogP contribution in [-0.2, 0) is 0 Å². The van der Waals surface area contributed by atoms with E-state index in [9.17, 15) is 4.39 Å². The number of nitrogens with one attached hydrogen (secondary N) is 1. The minimum absolute atomic E-state index is 0.245. The SMILES string of the molecule is COc1ccc2nc(-c3ccc(F)cc3I)[nH]c2c1. The average Bonchev–Trinajstić information content (AvgIpc) is 2.80. The van der Waals surface area contributed by atoms with E-state index in [4.69, 9.17) is 4.74 Å². The molecule has 0 spiro atoms. The number of benzene rings is 2. The Balaban J connectivity index is 2.14. The number of fused-ring (bicyclic) bond motifs is 1. The molecule has 0 atom stereocenters. The molecule has 3 aromatic rings. The Bertz CT molecular complexity index is 754. The minimum Gasteiger partial charge on any atom is -0.497 e. The second-order valence-corrected chi connectivity index (χ2v) is 5.25. The molecule has 0 aliphatic heterocycles. The third kappa shape index (κ3) is 2.30. The van der Waals surface area contributed by atoms with E-state index in [1.165, 1.54) is 12.1 Å². The second-order valence-electron chi connectivity index (χ2n) is 4.09. The fraction of sp³-hybridized carbons (Fsp3) is 0.0714. The molecule has 0 unspecified atom stereocenters. The molecule has 0 saturated carbocycles. The number of nitrogens with zero attached hydrogens (tertiary/aromatic N) is 1. The number of hydrogen-bond acceptors (Lipinski definition) is 2. The molecule has 0 amide bonds. The highest BCUT2D eigenvalue weighted by atomic mass is 127. The minimum atomic E-state index is -0.245. The van der Waals surface area contributed by atoms with Crippen LogP contribution in [0.3, 0.4) is 0 Å². The molecule has 3 nitrogen and oxygen atoms in total. The number of halogens is 2. The van der Waals surface area contributed by atoms with E-state index < -0.39 is 0 Å². The maximum absolute atomic E-state index is 13.1. The zero-order valence-corrected chi connectivity index (χ0v) is 12.2. The van der Waals surface area contributed by atoms with Gasteiger partial charge in [-0.05, 0) is 52.9 Å². The van der Waals surface area contributed by atoms with Gasteiger partial charge in [0.05, 0.1) is 18.1 Å². The van der Waals surface area contributed by atoms with Gasteiger partial charge in [-0.1, -0.05) is 0 Å². The Kier molecular flexibility index (Phi) is 3.14. The van der Waals surface area contributed by atoms with Crippen molar-refractivity contribution in [3.05, 3.63) is 45.8 Å². The molecule has 0 aliphatic rings. The normalized spacial score (nSPS) is 10.9. The van der Waals surface area contributed by atoms with Gasteiger partial charge in [0, 0.05) is 15.2 Å². The van der Waals surface area contributed by atoms with Crippen LogP contribution in [-0.4, -0.2) is 17.1 Å². The summed E-state index contributed by atoms with van der Waals surface area (Å²) < 4.78 is 19.1. The Labute approximate surface area is 123 Å². The third-order valence-corrected chi connectivity index (χ3v) is 3.77. The molecule has 1 heterocycles. The van der Waals surface area contributed by atoms with Crippen LogP contribution >= 0.6 is 22.6 Å². The number of ether oxygens (including phenoxy) is 1. The van der Waals surface area contributed by atoms with E-state index in [-0.39, 0.29) is 5.82 Å². The Morgan fingerprint density at radius 1 is 1.21 bits per heavy atom. The summed E-state index contributed by atoms with van der Waals surface area (Å²) in [5, 5.41) is 0. The van der Waals surface area contributed by atoms with Gasteiger partial charge in [-0.25, -0.2) is 9.37 Å². The fourth-order valence-electron chi connectivity index (χ4n) is 1.92. The number of rotatable bonds is 2. The summed E-state index contributed by atoms with van der Waals surface area (Å²) in [4.78, 5) is 7.74. The molecule has 5 heteroatoms. The van der Waals surface area contributed by atoms with Crippen molar-refractivity contribution in [2.24, 2.45) is 0 Å². The molecular formula is C14H10FIN2O. The van der Waals surface area contributed by atoms with E-state index in [1.807, 2.05) is 18.2 Å². The van der Waals surface area contributed by atoms with Gasteiger partial charge in [0.2, 0.25) is 0 Å². The van der Waals surface area contributed by atoms with E-state index in [0.717, 1.165) is 31.7 Å². The summed E-state index contributed by atoms with van der Waals surface area (Å²) in [6, 6.07) is 10.3. The van der Waals surface area contributed by atoms with E-state index in [1.54, 1.807) is 13.2 Å². The Morgan fingerprint density at radius 2 is 2.05 bits per heavy atom. The molecule has 0 radical (unpaired) electrons. The number of methoxy groups -OCH3 is 1. The van der Waals surface area contributed by atoms with Crippen LogP contribution in [0.1, 0.15) is 0 Å². The molecule has 1 N–H and O–H groups in total. The van der Waals surface area contributed by atoms with Gasteiger partial charge in [0.1, 0.15) is 17.4 Å². The summed E-state index contributed by atoms with van der Waals surface area (Å²) in [6.45, 7) is 0. The number of aromatic nitrogens is 2. The van der Waals surface area contributed by atoms with E-state index in [2.05, 4.69) is 32.6 Å². The van der Waals surface area contributed by atoms with Crippen molar-refractivity contribution in [3.8, 4) is 17.1 Å². The molecule has 0 aliphatic carbocycles. The van der Waals surface area contributed by atoms with Gasteiger partial charge in [0.15, 0.2) is 0 Å². The lowest BCUT2D eigenvalue weighted by Crippen LogP contribution is -1.86. The number of H-pyrrole nitrogens is 1. The van der Waals surface area contributed by atoms with Gasteiger partial charge >= 0.3 is 0 Å². The zero-order chi connectivity index (χ0) is 13.4. The van der Waals surface area contributed by atoms with Crippen molar-refractivity contribution in [2.75, 3.05) is 7.11 Å². The van der Waals surface area contributed by atoms with Crippen LogP contribution in [0, 0.1) is 9.39 Å². The standard InChI is InChI=1S/C14H10FIN2O/c1-19-9-3-5-12-13(7-9)18-14(17-12)10-4-2-8(15)6-11(10)16/h2-7H,1H3,(H,17,18). The average molecular weight is 368 g/mol. The van der Waals surface area contributed by atoms with Gasteiger partial charge in [-0.3, -0.25) is 0 Å². The fourth-order valence-corrected chi connectivity index (χ4v) is 2.66. The maximum atomic E-state index is 13.1. The molecule has 19 heavy (non-hydrogen) atoms. The van der Waals surface area contributed by atoms with Crippen LogP contribution in [0.2, 0.25) is 0 Å². The molecule has 3 rings (SSSR count).